The first-order chi connectivity index (χ1) is 16.4. The smallest absolute Gasteiger partial charge is 0.325 e. The summed E-state index contributed by atoms with van der Waals surface area (Å²) in [5, 5.41) is 11.9. The van der Waals surface area contributed by atoms with Gasteiger partial charge in [0.05, 0.1) is 12.9 Å². The molecule has 0 radical (unpaired) electrons. The lowest BCUT2D eigenvalue weighted by Gasteiger charge is -2.11. The van der Waals surface area contributed by atoms with Crippen LogP contribution in [-0.4, -0.2) is 43.5 Å². The molecule has 0 unspecified atom stereocenters. The van der Waals surface area contributed by atoms with Crippen molar-refractivity contribution in [3.05, 3.63) is 92.5 Å². The Balaban J connectivity index is 1.57. The molecule has 1 amide bonds. The highest BCUT2D eigenvalue weighted by Crippen LogP contribution is 2.24. The van der Waals surface area contributed by atoms with E-state index < -0.39 is 11.2 Å². The minimum absolute atomic E-state index is 0.109. The Morgan fingerprint density at radius 3 is 2.59 bits per heavy atom. The molecule has 4 rings (SSSR count). The predicted molar refractivity (Wildman–Crippen MR) is 129 cm³/mol. The molecule has 0 fully saturated rings. The number of thioether (sulfide) groups is 1. The first kappa shape index (κ1) is 23.1. The SMILES string of the molecule is COc1ccc(NC(=O)CSc2nnc(Cc3cc(=O)[nH]c(=O)[nH]3)n2-c2cccc(C)c2)cc1. The summed E-state index contributed by atoms with van der Waals surface area (Å²) >= 11 is 1.23. The average molecular weight is 479 g/mol. The van der Waals surface area contributed by atoms with Gasteiger partial charge in [-0.05, 0) is 48.9 Å². The van der Waals surface area contributed by atoms with Crippen molar-refractivity contribution in [2.24, 2.45) is 0 Å². The zero-order valence-electron chi connectivity index (χ0n) is 18.5. The van der Waals surface area contributed by atoms with Crippen LogP contribution in [0, 0.1) is 6.92 Å². The Kier molecular flexibility index (Phi) is 6.93. The molecule has 0 aliphatic heterocycles. The first-order valence-corrected chi connectivity index (χ1v) is 11.3. The number of carbonyl (C=O) groups excluding carboxylic acids is 1. The van der Waals surface area contributed by atoms with E-state index in [1.165, 1.54) is 17.8 Å². The maximum atomic E-state index is 12.5. The van der Waals surface area contributed by atoms with Gasteiger partial charge in [0.2, 0.25) is 5.91 Å². The first-order valence-electron chi connectivity index (χ1n) is 10.3. The summed E-state index contributed by atoms with van der Waals surface area (Å²) in [6.07, 6.45) is 0.179. The Morgan fingerprint density at radius 2 is 1.88 bits per heavy atom. The largest absolute Gasteiger partial charge is 0.497 e. The zero-order chi connectivity index (χ0) is 24.1. The van der Waals surface area contributed by atoms with Gasteiger partial charge >= 0.3 is 5.69 Å². The van der Waals surface area contributed by atoms with Crippen LogP contribution in [0.2, 0.25) is 0 Å². The number of rotatable bonds is 8. The highest BCUT2D eigenvalue weighted by atomic mass is 32.2. The molecule has 0 saturated heterocycles. The molecular weight excluding hydrogens is 456 g/mol. The molecular formula is C23H22N6O4S. The molecule has 10 nitrogen and oxygen atoms in total. The summed E-state index contributed by atoms with van der Waals surface area (Å²) in [6.45, 7) is 1.97. The minimum Gasteiger partial charge on any atom is -0.497 e. The molecule has 34 heavy (non-hydrogen) atoms. The average Bonchev–Trinajstić information content (AvgIpc) is 3.20. The number of benzene rings is 2. The van der Waals surface area contributed by atoms with Gasteiger partial charge in [0.25, 0.3) is 5.56 Å². The van der Waals surface area contributed by atoms with Crippen LogP contribution in [0.5, 0.6) is 5.75 Å². The zero-order valence-corrected chi connectivity index (χ0v) is 19.3. The summed E-state index contributed by atoms with van der Waals surface area (Å²) in [7, 11) is 1.58. The van der Waals surface area contributed by atoms with Gasteiger partial charge < -0.3 is 15.0 Å². The number of ether oxygens (including phenoxy) is 1. The third-order valence-corrected chi connectivity index (χ3v) is 5.76. The van der Waals surface area contributed by atoms with Crippen molar-refractivity contribution in [2.75, 3.05) is 18.2 Å². The lowest BCUT2D eigenvalue weighted by molar-refractivity contribution is -0.113. The van der Waals surface area contributed by atoms with Crippen LogP contribution in [0.15, 0.2) is 69.3 Å². The van der Waals surface area contributed by atoms with Gasteiger partial charge in [0.15, 0.2) is 5.16 Å². The summed E-state index contributed by atoms with van der Waals surface area (Å²) in [4.78, 5) is 40.6. The quantitative estimate of drug-likeness (QED) is 0.331. The lowest BCUT2D eigenvalue weighted by atomic mass is 10.2. The van der Waals surface area contributed by atoms with E-state index in [2.05, 4.69) is 25.5 Å². The van der Waals surface area contributed by atoms with Crippen molar-refractivity contribution in [2.45, 2.75) is 18.5 Å². The van der Waals surface area contributed by atoms with Gasteiger partial charge in [0.1, 0.15) is 11.6 Å². The minimum atomic E-state index is -0.589. The Bertz CT molecular complexity index is 1400. The number of aryl methyl sites for hydroxylation is 1. The molecule has 0 spiro atoms. The van der Waals surface area contributed by atoms with Crippen LogP contribution < -0.4 is 21.3 Å². The monoisotopic (exact) mass is 478 g/mol. The molecule has 0 atom stereocenters. The molecule has 0 aliphatic carbocycles. The predicted octanol–water partition coefficient (Wildman–Crippen LogP) is 2.28. The summed E-state index contributed by atoms with van der Waals surface area (Å²) in [5.41, 5.74) is 1.83. The van der Waals surface area contributed by atoms with Crippen LogP contribution in [0.25, 0.3) is 5.69 Å². The van der Waals surface area contributed by atoms with Crippen LogP contribution in [-0.2, 0) is 11.2 Å². The lowest BCUT2D eigenvalue weighted by Crippen LogP contribution is -2.23. The van der Waals surface area contributed by atoms with Crippen molar-refractivity contribution >= 4 is 23.4 Å². The van der Waals surface area contributed by atoms with Gasteiger partial charge in [-0.25, -0.2) is 4.79 Å². The van der Waals surface area contributed by atoms with E-state index >= 15 is 0 Å². The molecule has 4 aromatic rings. The molecule has 174 valence electrons. The fourth-order valence-electron chi connectivity index (χ4n) is 3.32. The second-order valence-corrected chi connectivity index (χ2v) is 8.37. The van der Waals surface area contributed by atoms with Crippen molar-refractivity contribution < 1.29 is 9.53 Å². The molecule has 0 aliphatic rings. The second kappa shape index (κ2) is 10.2. The second-order valence-electron chi connectivity index (χ2n) is 7.43. The number of aromatic amines is 2. The third kappa shape index (κ3) is 5.62. The van der Waals surface area contributed by atoms with Gasteiger partial charge in [-0.15, -0.1) is 10.2 Å². The van der Waals surface area contributed by atoms with Gasteiger partial charge in [-0.2, -0.15) is 0 Å². The van der Waals surface area contributed by atoms with Crippen LogP contribution in [0.4, 0.5) is 5.69 Å². The molecule has 11 heteroatoms. The highest BCUT2D eigenvalue weighted by molar-refractivity contribution is 7.99. The van der Waals surface area contributed by atoms with Crippen molar-refractivity contribution in [1.82, 2.24) is 24.7 Å². The number of hydrogen-bond donors (Lipinski definition) is 3. The van der Waals surface area contributed by atoms with Crippen molar-refractivity contribution in [1.29, 1.82) is 0 Å². The number of aromatic nitrogens is 5. The standard InChI is InChI=1S/C23H22N6O4S/c1-14-4-3-5-17(10-14)29-19(11-16-12-20(30)26-22(32)25-16)27-28-23(29)34-13-21(31)24-15-6-8-18(33-2)9-7-15/h3-10,12H,11,13H2,1-2H3,(H,24,31)(H2,25,26,30,32). The number of H-pyrrole nitrogens is 2. The number of hydrogen-bond acceptors (Lipinski definition) is 7. The number of nitrogens with zero attached hydrogens (tertiary/aromatic N) is 3. The fraction of sp³-hybridized carbons (Fsp3) is 0.174. The number of anilines is 1. The summed E-state index contributed by atoms with van der Waals surface area (Å²) in [6, 6.07) is 16.1. The molecule has 2 aromatic heterocycles. The van der Waals surface area contributed by atoms with Crippen LogP contribution in [0.1, 0.15) is 17.1 Å². The Labute approximate surface area is 198 Å². The van der Waals surface area contributed by atoms with Crippen molar-refractivity contribution in [3.63, 3.8) is 0 Å². The Hall–Kier alpha value is -4.12. The third-order valence-electron chi connectivity index (χ3n) is 4.83. The Morgan fingerprint density at radius 1 is 1.09 bits per heavy atom. The van der Waals surface area contributed by atoms with E-state index in [4.69, 9.17) is 4.74 Å². The van der Waals surface area contributed by atoms with Crippen molar-refractivity contribution in [3.8, 4) is 11.4 Å². The van der Waals surface area contributed by atoms with Crippen LogP contribution >= 0.6 is 11.8 Å². The summed E-state index contributed by atoms with van der Waals surface area (Å²) in [5.74, 6) is 1.13. The van der Waals surface area contributed by atoms with Gasteiger partial charge in [0, 0.05) is 29.6 Å². The fourth-order valence-corrected chi connectivity index (χ4v) is 4.09. The van der Waals surface area contributed by atoms with Gasteiger partial charge in [-0.3, -0.25) is 19.1 Å². The molecule has 0 bridgehead atoms. The molecule has 3 N–H and O–H groups in total. The van der Waals surface area contributed by atoms with E-state index in [0.29, 0.717) is 28.1 Å². The van der Waals surface area contributed by atoms with E-state index in [1.54, 1.807) is 31.4 Å². The normalized spacial score (nSPS) is 10.8. The topological polar surface area (TPSA) is 135 Å². The van der Waals surface area contributed by atoms with E-state index in [-0.39, 0.29) is 18.1 Å². The number of nitrogens with one attached hydrogen (secondary N) is 3. The molecule has 0 saturated carbocycles. The van der Waals surface area contributed by atoms with E-state index in [1.807, 2.05) is 35.8 Å². The maximum Gasteiger partial charge on any atom is 0.325 e. The number of methoxy groups -OCH3 is 1. The maximum absolute atomic E-state index is 12.5. The number of carbonyl (C=O) groups is 1. The molecule has 2 heterocycles. The highest BCUT2D eigenvalue weighted by Gasteiger charge is 2.17. The number of amides is 1. The van der Waals surface area contributed by atoms with Gasteiger partial charge in [-0.1, -0.05) is 23.9 Å². The van der Waals surface area contributed by atoms with Crippen LogP contribution in [0.3, 0.4) is 0 Å². The summed E-state index contributed by atoms with van der Waals surface area (Å²) < 4.78 is 6.94. The van der Waals surface area contributed by atoms with E-state index in [0.717, 1.165) is 11.3 Å². The van der Waals surface area contributed by atoms with E-state index in [9.17, 15) is 14.4 Å². The molecule has 2 aromatic carbocycles.